The molecule has 1 fully saturated rings. The van der Waals surface area contributed by atoms with Crippen molar-refractivity contribution in [3.05, 3.63) is 29.8 Å². The summed E-state index contributed by atoms with van der Waals surface area (Å²) in [7, 11) is -3.47. The highest BCUT2D eigenvalue weighted by Gasteiger charge is 2.29. The molecule has 2 N–H and O–H groups in total. The van der Waals surface area contributed by atoms with Gasteiger partial charge in [-0.3, -0.25) is 14.5 Å². The second kappa shape index (κ2) is 8.18. The van der Waals surface area contributed by atoms with E-state index in [1.54, 1.807) is 24.3 Å². The molecule has 0 spiro atoms. The molecule has 1 saturated heterocycles. The highest BCUT2D eigenvalue weighted by atomic mass is 32.2. The van der Waals surface area contributed by atoms with E-state index >= 15 is 0 Å². The van der Waals surface area contributed by atoms with Crippen molar-refractivity contribution in [1.82, 2.24) is 14.9 Å². The van der Waals surface area contributed by atoms with Gasteiger partial charge in [-0.2, -0.15) is 0 Å². The number of nitrogens with one attached hydrogen (secondary N) is 2. The summed E-state index contributed by atoms with van der Waals surface area (Å²) in [6, 6.07) is 7.22. The lowest BCUT2D eigenvalue weighted by atomic mass is 10.1. The Morgan fingerprint density at radius 1 is 1.27 bits per heavy atom. The van der Waals surface area contributed by atoms with Gasteiger partial charge >= 0.3 is 0 Å². The van der Waals surface area contributed by atoms with E-state index < -0.39 is 10.0 Å². The fourth-order valence-electron chi connectivity index (χ4n) is 3.32. The summed E-state index contributed by atoms with van der Waals surface area (Å²) in [5, 5.41) is 3.33. The molecule has 0 aromatic heterocycles. The normalized spacial score (nSPS) is 22.9. The number of unbranched alkanes of at least 4 members (excludes halogenated alkanes) is 2. The number of aliphatic imine (C=N–C) groups is 1. The van der Waals surface area contributed by atoms with Crippen molar-refractivity contribution in [1.29, 1.82) is 0 Å². The first-order chi connectivity index (χ1) is 12.5. The first kappa shape index (κ1) is 18.8. The first-order valence-corrected chi connectivity index (χ1v) is 10.6. The number of nitrogens with zero attached hydrogens (tertiary/aromatic N) is 2. The summed E-state index contributed by atoms with van der Waals surface area (Å²) < 4.78 is 26.5. The number of carbonyl (C=O) groups excluding carboxylic acids is 1. The zero-order valence-electron chi connectivity index (χ0n) is 15.1. The smallest absolute Gasteiger partial charge is 0.263 e. The van der Waals surface area contributed by atoms with Gasteiger partial charge in [-0.25, -0.2) is 8.42 Å². The van der Waals surface area contributed by atoms with E-state index in [0.29, 0.717) is 30.4 Å². The third-order valence-corrected chi connectivity index (χ3v) is 6.10. The SMILES string of the molecule is CC1CN(C(=O)CCCCCN=C2NS(=O)(=O)c3ccccc32)CCN1. The third kappa shape index (κ3) is 4.42. The van der Waals surface area contributed by atoms with Crippen LogP contribution in [-0.2, 0) is 14.8 Å². The molecule has 2 aliphatic heterocycles. The fourth-order valence-corrected chi connectivity index (χ4v) is 4.57. The number of fused-ring (bicyclic) bond motifs is 1. The molecule has 0 bridgehead atoms. The number of rotatable bonds is 6. The molecule has 7 nitrogen and oxygen atoms in total. The van der Waals surface area contributed by atoms with E-state index in [-0.39, 0.29) is 10.8 Å². The van der Waals surface area contributed by atoms with Crippen LogP contribution in [0.3, 0.4) is 0 Å². The van der Waals surface area contributed by atoms with Crippen molar-refractivity contribution in [3.63, 3.8) is 0 Å². The standard InChI is InChI=1S/C18H26N4O3S/c1-14-13-22(12-11-19-14)17(23)9-3-2-6-10-20-18-15-7-4-5-8-16(15)26(24,25)21-18/h4-5,7-8,14,19H,2-3,6,9-13H2,1H3,(H,20,21). The van der Waals surface area contributed by atoms with Gasteiger partial charge in [-0.15, -0.1) is 0 Å². The van der Waals surface area contributed by atoms with Crippen LogP contribution >= 0.6 is 0 Å². The summed E-state index contributed by atoms with van der Waals surface area (Å²) in [5.74, 6) is 0.647. The number of carbonyl (C=O) groups is 1. The predicted octanol–water partition coefficient (Wildman–Crippen LogP) is 1.11. The van der Waals surface area contributed by atoms with Crippen molar-refractivity contribution >= 4 is 21.8 Å². The van der Waals surface area contributed by atoms with Crippen molar-refractivity contribution in [2.75, 3.05) is 26.2 Å². The van der Waals surface area contributed by atoms with Gasteiger partial charge in [0, 0.05) is 44.2 Å². The van der Waals surface area contributed by atoms with Crippen LogP contribution in [0.25, 0.3) is 0 Å². The van der Waals surface area contributed by atoms with Crippen LogP contribution in [0.1, 0.15) is 38.2 Å². The topological polar surface area (TPSA) is 90.9 Å². The van der Waals surface area contributed by atoms with Crippen LogP contribution in [0, 0.1) is 0 Å². The van der Waals surface area contributed by atoms with Gasteiger partial charge in [0.1, 0.15) is 5.84 Å². The lowest BCUT2D eigenvalue weighted by Gasteiger charge is -2.32. The second-order valence-electron chi connectivity index (χ2n) is 6.84. The highest BCUT2D eigenvalue weighted by molar-refractivity contribution is 7.90. The summed E-state index contributed by atoms with van der Waals surface area (Å²) >= 11 is 0. The summed E-state index contributed by atoms with van der Waals surface area (Å²) in [6.45, 7) is 5.07. The molecule has 2 heterocycles. The Hall–Kier alpha value is -1.93. The molecule has 1 aromatic carbocycles. The minimum Gasteiger partial charge on any atom is -0.340 e. The molecular formula is C18H26N4O3S. The number of benzene rings is 1. The largest absolute Gasteiger partial charge is 0.340 e. The molecule has 1 unspecified atom stereocenters. The van der Waals surface area contributed by atoms with E-state index in [9.17, 15) is 13.2 Å². The van der Waals surface area contributed by atoms with Crippen molar-refractivity contribution in [2.45, 2.75) is 43.5 Å². The average molecular weight is 378 g/mol. The van der Waals surface area contributed by atoms with E-state index in [2.05, 4.69) is 22.0 Å². The monoisotopic (exact) mass is 378 g/mol. The highest BCUT2D eigenvalue weighted by Crippen LogP contribution is 2.22. The van der Waals surface area contributed by atoms with Gasteiger partial charge in [-0.05, 0) is 31.9 Å². The molecule has 26 heavy (non-hydrogen) atoms. The molecule has 2 aliphatic rings. The van der Waals surface area contributed by atoms with Gasteiger partial charge in [0.05, 0.1) is 4.90 Å². The Balaban J connectivity index is 1.41. The fraction of sp³-hybridized carbons (Fsp3) is 0.556. The Kier molecular flexibility index (Phi) is 5.93. The number of hydrogen-bond acceptors (Lipinski definition) is 5. The van der Waals surface area contributed by atoms with Crippen LogP contribution in [-0.4, -0.2) is 57.3 Å². The van der Waals surface area contributed by atoms with Gasteiger partial charge < -0.3 is 10.2 Å². The van der Waals surface area contributed by atoms with E-state index in [1.807, 2.05) is 4.90 Å². The zero-order valence-corrected chi connectivity index (χ0v) is 15.9. The molecular weight excluding hydrogens is 352 g/mol. The first-order valence-electron chi connectivity index (χ1n) is 9.15. The molecule has 142 valence electrons. The molecule has 0 saturated carbocycles. The number of hydrogen-bond donors (Lipinski definition) is 2. The van der Waals surface area contributed by atoms with Crippen LogP contribution in [0.2, 0.25) is 0 Å². The summed E-state index contributed by atoms with van der Waals surface area (Å²) in [6.07, 6.45) is 3.14. The second-order valence-corrected chi connectivity index (χ2v) is 8.49. The minimum absolute atomic E-state index is 0.224. The maximum absolute atomic E-state index is 12.2. The van der Waals surface area contributed by atoms with Crippen LogP contribution < -0.4 is 10.0 Å². The molecule has 8 heteroatoms. The summed E-state index contributed by atoms with van der Waals surface area (Å²) in [5.41, 5.74) is 0.635. The Morgan fingerprint density at radius 3 is 2.88 bits per heavy atom. The lowest BCUT2D eigenvalue weighted by Crippen LogP contribution is -2.51. The average Bonchev–Trinajstić information content (AvgIpc) is 2.89. The van der Waals surface area contributed by atoms with Crippen LogP contribution in [0.4, 0.5) is 0 Å². The number of amides is 1. The number of piperazine rings is 1. The van der Waals surface area contributed by atoms with Gasteiger partial charge in [0.2, 0.25) is 5.91 Å². The van der Waals surface area contributed by atoms with Crippen LogP contribution in [0.5, 0.6) is 0 Å². The molecule has 1 aromatic rings. The van der Waals surface area contributed by atoms with Gasteiger partial charge in [0.15, 0.2) is 0 Å². The molecule has 0 aliphatic carbocycles. The number of amidine groups is 1. The Bertz CT molecular complexity index is 791. The zero-order chi connectivity index (χ0) is 18.6. The van der Waals surface area contributed by atoms with E-state index in [1.165, 1.54) is 0 Å². The van der Waals surface area contributed by atoms with Gasteiger partial charge in [0.25, 0.3) is 10.0 Å². The van der Waals surface area contributed by atoms with Crippen LogP contribution in [0.15, 0.2) is 34.2 Å². The summed E-state index contributed by atoms with van der Waals surface area (Å²) in [4.78, 5) is 18.8. The van der Waals surface area contributed by atoms with Crippen molar-refractivity contribution in [2.24, 2.45) is 4.99 Å². The number of sulfonamides is 1. The van der Waals surface area contributed by atoms with Gasteiger partial charge in [-0.1, -0.05) is 18.6 Å². The predicted molar refractivity (Wildman–Crippen MR) is 101 cm³/mol. The Labute approximate surface area is 154 Å². The third-order valence-electron chi connectivity index (χ3n) is 4.70. The molecule has 0 radical (unpaired) electrons. The van der Waals surface area contributed by atoms with E-state index in [4.69, 9.17) is 0 Å². The Morgan fingerprint density at radius 2 is 2.08 bits per heavy atom. The maximum atomic E-state index is 12.2. The minimum atomic E-state index is -3.47. The quantitative estimate of drug-likeness (QED) is 0.726. The maximum Gasteiger partial charge on any atom is 0.263 e. The molecule has 1 amide bonds. The lowest BCUT2D eigenvalue weighted by molar-refractivity contribution is -0.132. The van der Waals surface area contributed by atoms with E-state index in [0.717, 1.165) is 38.9 Å². The van der Waals surface area contributed by atoms with Crippen molar-refractivity contribution < 1.29 is 13.2 Å². The molecule has 1 atom stereocenters. The van der Waals surface area contributed by atoms with Crippen molar-refractivity contribution in [3.8, 4) is 0 Å². The molecule has 3 rings (SSSR count).